The van der Waals surface area contributed by atoms with Crippen LogP contribution < -0.4 is 15.4 Å². The molecule has 22 heavy (non-hydrogen) atoms. The summed E-state index contributed by atoms with van der Waals surface area (Å²) in [5.74, 6) is 0.347. The van der Waals surface area contributed by atoms with Crippen molar-refractivity contribution in [1.82, 2.24) is 10.0 Å². The molecule has 0 radical (unpaired) electrons. The van der Waals surface area contributed by atoms with Crippen LogP contribution in [-0.2, 0) is 14.8 Å². The van der Waals surface area contributed by atoms with Crippen molar-refractivity contribution in [1.29, 1.82) is 0 Å². The molecule has 0 spiro atoms. The van der Waals surface area contributed by atoms with Crippen molar-refractivity contribution in [3.63, 3.8) is 0 Å². The van der Waals surface area contributed by atoms with Crippen LogP contribution in [0.2, 0.25) is 0 Å². The van der Waals surface area contributed by atoms with Gasteiger partial charge < -0.3 is 10.6 Å². The molecule has 0 aliphatic carbocycles. The van der Waals surface area contributed by atoms with Gasteiger partial charge in [0.25, 0.3) is 0 Å². The first-order chi connectivity index (χ1) is 10.4. The first-order valence-electron chi connectivity index (χ1n) is 7.50. The Kier molecular flexibility index (Phi) is 5.55. The molecule has 1 unspecified atom stereocenters. The van der Waals surface area contributed by atoms with Crippen LogP contribution in [-0.4, -0.2) is 33.5 Å². The Morgan fingerprint density at radius 1 is 1.32 bits per heavy atom. The van der Waals surface area contributed by atoms with E-state index in [0.717, 1.165) is 19.5 Å². The number of carbonyl (C=O) groups excluding carboxylic acids is 1. The average molecular weight is 325 g/mol. The van der Waals surface area contributed by atoms with Gasteiger partial charge in [0.05, 0.1) is 4.90 Å². The third-order valence-corrected chi connectivity index (χ3v) is 5.15. The highest BCUT2D eigenvalue weighted by Crippen LogP contribution is 2.17. The third kappa shape index (κ3) is 4.79. The monoisotopic (exact) mass is 325 g/mol. The van der Waals surface area contributed by atoms with Gasteiger partial charge in [-0.2, -0.15) is 0 Å². The van der Waals surface area contributed by atoms with E-state index in [1.807, 2.05) is 0 Å². The number of amides is 1. The molecule has 6 nitrogen and oxygen atoms in total. The van der Waals surface area contributed by atoms with Crippen LogP contribution in [0, 0.1) is 5.92 Å². The van der Waals surface area contributed by atoms with Crippen LogP contribution in [0.3, 0.4) is 0 Å². The zero-order valence-corrected chi connectivity index (χ0v) is 13.7. The summed E-state index contributed by atoms with van der Waals surface area (Å²) in [5, 5.41) is 6.03. The van der Waals surface area contributed by atoms with Crippen LogP contribution >= 0.6 is 0 Å². The van der Waals surface area contributed by atoms with E-state index < -0.39 is 10.0 Å². The second-order valence-corrected chi connectivity index (χ2v) is 7.63. The molecule has 7 heteroatoms. The Balaban J connectivity index is 1.95. The van der Waals surface area contributed by atoms with Gasteiger partial charge >= 0.3 is 0 Å². The van der Waals surface area contributed by atoms with E-state index in [-0.39, 0.29) is 16.8 Å². The summed E-state index contributed by atoms with van der Waals surface area (Å²) < 4.78 is 26.5. The molecule has 1 atom stereocenters. The molecule has 1 aliphatic heterocycles. The van der Waals surface area contributed by atoms with E-state index in [9.17, 15) is 13.2 Å². The van der Waals surface area contributed by atoms with Crippen molar-refractivity contribution in [3.8, 4) is 0 Å². The molecule has 122 valence electrons. The molecule has 0 bridgehead atoms. The van der Waals surface area contributed by atoms with Gasteiger partial charge in [0.15, 0.2) is 0 Å². The van der Waals surface area contributed by atoms with Gasteiger partial charge in [-0.3, -0.25) is 4.79 Å². The van der Waals surface area contributed by atoms with E-state index in [4.69, 9.17) is 0 Å². The molecule has 0 aromatic heterocycles. The van der Waals surface area contributed by atoms with Gasteiger partial charge in [-0.1, -0.05) is 0 Å². The van der Waals surface area contributed by atoms with E-state index >= 15 is 0 Å². The molecular formula is C15H23N3O3S. The summed E-state index contributed by atoms with van der Waals surface area (Å²) in [5.41, 5.74) is 0.611. The van der Waals surface area contributed by atoms with Gasteiger partial charge in [0.1, 0.15) is 0 Å². The van der Waals surface area contributed by atoms with Gasteiger partial charge in [-0.25, -0.2) is 13.1 Å². The van der Waals surface area contributed by atoms with Crippen LogP contribution in [0.4, 0.5) is 5.69 Å². The highest BCUT2D eigenvalue weighted by Gasteiger charge is 2.18. The van der Waals surface area contributed by atoms with Crippen molar-refractivity contribution in [2.75, 3.05) is 18.4 Å². The predicted molar refractivity (Wildman–Crippen MR) is 86.1 cm³/mol. The predicted octanol–water partition coefficient (Wildman–Crippen LogP) is 1.31. The lowest BCUT2D eigenvalue weighted by molar-refractivity contribution is -0.116. The maximum atomic E-state index is 12.0. The maximum absolute atomic E-state index is 12.0. The van der Waals surface area contributed by atoms with Crippen molar-refractivity contribution < 1.29 is 13.2 Å². The topological polar surface area (TPSA) is 87.3 Å². The van der Waals surface area contributed by atoms with Gasteiger partial charge in [-0.15, -0.1) is 0 Å². The lowest BCUT2D eigenvalue weighted by atomic mass is 10.0. The number of benzene rings is 1. The summed E-state index contributed by atoms with van der Waals surface area (Å²) in [6.07, 6.45) is 1.51. The van der Waals surface area contributed by atoms with E-state index in [2.05, 4.69) is 15.4 Å². The minimum atomic E-state index is -3.49. The van der Waals surface area contributed by atoms with Crippen LogP contribution in [0.1, 0.15) is 26.7 Å². The standard InChI is InChI=1S/C15H23N3O3S/c1-11(2)18-22(20,21)14-5-3-13(4-6-14)17-15(19)9-12-7-8-16-10-12/h3-6,11-12,16,18H,7-10H2,1-2H3,(H,17,19). The average Bonchev–Trinajstić information content (AvgIpc) is 2.90. The normalized spacial score (nSPS) is 18.6. The minimum absolute atomic E-state index is 0.0374. The van der Waals surface area contributed by atoms with E-state index in [1.165, 1.54) is 12.1 Å². The zero-order chi connectivity index (χ0) is 16.2. The number of nitrogens with one attached hydrogen (secondary N) is 3. The largest absolute Gasteiger partial charge is 0.326 e. The van der Waals surface area contributed by atoms with Gasteiger partial charge in [0, 0.05) is 18.2 Å². The number of sulfonamides is 1. The fourth-order valence-electron chi connectivity index (χ4n) is 2.46. The Hall–Kier alpha value is -1.44. The molecule has 1 aliphatic rings. The molecule has 0 saturated carbocycles. The maximum Gasteiger partial charge on any atom is 0.240 e. The SMILES string of the molecule is CC(C)NS(=O)(=O)c1ccc(NC(=O)CC2CCNC2)cc1. The first kappa shape index (κ1) is 16.9. The molecule has 1 fully saturated rings. The lowest BCUT2D eigenvalue weighted by Crippen LogP contribution is -2.30. The Morgan fingerprint density at radius 2 is 2.00 bits per heavy atom. The van der Waals surface area contributed by atoms with Crippen molar-refractivity contribution >= 4 is 21.6 Å². The Bertz CT molecular complexity index is 605. The summed E-state index contributed by atoms with van der Waals surface area (Å²) in [4.78, 5) is 12.1. The summed E-state index contributed by atoms with van der Waals surface area (Å²) in [7, 11) is -3.49. The molecular weight excluding hydrogens is 302 g/mol. The summed E-state index contributed by atoms with van der Waals surface area (Å²) >= 11 is 0. The number of anilines is 1. The number of rotatable bonds is 6. The van der Waals surface area contributed by atoms with Crippen molar-refractivity contribution in [2.45, 2.75) is 37.6 Å². The van der Waals surface area contributed by atoms with Crippen LogP contribution in [0.15, 0.2) is 29.2 Å². The molecule has 1 aromatic rings. The van der Waals surface area contributed by atoms with E-state index in [0.29, 0.717) is 18.0 Å². The fraction of sp³-hybridized carbons (Fsp3) is 0.533. The van der Waals surface area contributed by atoms with Crippen LogP contribution in [0.25, 0.3) is 0 Å². The smallest absolute Gasteiger partial charge is 0.240 e. The quantitative estimate of drug-likeness (QED) is 0.736. The van der Waals surface area contributed by atoms with Gasteiger partial charge in [-0.05, 0) is 63.5 Å². The summed E-state index contributed by atoms with van der Waals surface area (Å²) in [6, 6.07) is 6.05. The first-order valence-corrected chi connectivity index (χ1v) is 8.98. The van der Waals surface area contributed by atoms with Crippen molar-refractivity contribution in [3.05, 3.63) is 24.3 Å². The zero-order valence-electron chi connectivity index (χ0n) is 12.9. The molecule has 1 amide bonds. The molecule has 1 saturated heterocycles. The number of hydrogen-bond acceptors (Lipinski definition) is 4. The number of carbonyl (C=O) groups is 1. The van der Waals surface area contributed by atoms with E-state index in [1.54, 1.807) is 26.0 Å². The Morgan fingerprint density at radius 3 is 2.55 bits per heavy atom. The molecule has 1 aromatic carbocycles. The number of hydrogen-bond donors (Lipinski definition) is 3. The lowest BCUT2D eigenvalue weighted by Gasteiger charge is -2.11. The molecule has 2 rings (SSSR count). The third-order valence-electron chi connectivity index (χ3n) is 3.48. The second kappa shape index (κ2) is 7.21. The molecule has 3 N–H and O–H groups in total. The van der Waals surface area contributed by atoms with Gasteiger partial charge in [0.2, 0.25) is 15.9 Å². The highest BCUT2D eigenvalue weighted by molar-refractivity contribution is 7.89. The highest BCUT2D eigenvalue weighted by atomic mass is 32.2. The fourth-order valence-corrected chi connectivity index (χ4v) is 3.71. The summed E-state index contributed by atoms with van der Waals surface area (Å²) in [6.45, 7) is 5.38. The Labute approximate surface area is 131 Å². The second-order valence-electron chi connectivity index (χ2n) is 5.91. The molecule has 1 heterocycles. The van der Waals surface area contributed by atoms with Crippen LogP contribution in [0.5, 0.6) is 0 Å². The minimum Gasteiger partial charge on any atom is -0.326 e. The van der Waals surface area contributed by atoms with Crippen molar-refractivity contribution in [2.24, 2.45) is 5.92 Å².